The monoisotopic (exact) mass is 238 g/mol. The minimum Gasteiger partial charge on any atom is -0.478 e. The van der Waals surface area contributed by atoms with Crippen LogP contribution < -0.4 is 10.6 Å². The number of benzene rings is 1. The van der Waals surface area contributed by atoms with Crippen molar-refractivity contribution in [2.24, 2.45) is 5.73 Å². The van der Waals surface area contributed by atoms with Crippen molar-refractivity contribution < 1.29 is 19.1 Å². The normalized spacial score (nSPS) is 19.8. The molecule has 0 radical (unpaired) electrons. The summed E-state index contributed by atoms with van der Waals surface area (Å²) in [6.45, 7) is 0.324. The Morgan fingerprint density at radius 1 is 1.53 bits per heavy atom. The molecule has 1 amide bonds. The highest BCUT2D eigenvalue weighted by Gasteiger charge is 2.28. The summed E-state index contributed by atoms with van der Waals surface area (Å²) in [6.07, 6.45) is 0.225. The third-order valence-corrected chi connectivity index (χ3v) is 2.65. The molecule has 1 aromatic rings. The predicted molar refractivity (Wildman–Crippen MR) is 58.3 cm³/mol. The van der Waals surface area contributed by atoms with Gasteiger partial charge in [-0.05, 0) is 18.2 Å². The van der Waals surface area contributed by atoms with Gasteiger partial charge < -0.3 is 15.7 Å². The topological polar surface area (TPSA) is 83.6 Å². The molecule has 1 heterocycles. The Morgan fingerprint density at radius 3 is 2.71 bits per heavy atom. The van der Waals surface area contributed by atoms with Gasteiger partial charge in [-0.3, -0.25) is 4.79 Å². The van der Waals surface area contributed by atoms with Crippen molar-refractivity contribution >= 4 is 17.6 Å². The van der Waals surface area contributed by atoms with Gasteiger partial charge in [0, 0.05) is 24.7 Å². The quantitative estimate of drug-likeness (QED) is 0.789. The molecule has 1 atom stereocenters. The molecule has 0 aliphatic carbocycles. The molecule has 90 valence electrons. The van der Waals surface area contributed by atoms with Crippen LogP contribution in [0.2, 0.25) is 0 Å². The second kappa shape index (κ2) is 4.14. The smallest absolute Gasteiger partial charge is 0.338 e. The van der Waals surface area contributed by atoms with Crippen LogP contribution in [0.4, 0.5) is 10.1 Å². The van der Waals surface area contributed by atoms with E-state index in [0.29, 0.717) is 12.2 Å². The first-order valence-electron chi connectivity index (χ1n) is 5.08. The molecular formula is C11H11FN2O3. The lowest BCUT2D eigenvalue weighted by molar-refractivity contribution is -0.117. The number of amides is 1. The number of hydrogen-bond acceptors (Lipinski definition) is 3. The Hall–Kier alpha value is -1.95. The fourth-order valence-corrected chi connectivity index (χ4v) is 1.83. The minimum absolute atomic E-state index is 0.181. The molecule has 1 saturated heterocycles. The van der Waals surface area contributed by atoms with E-state index in [9.17, 15) is 14.0 Å². The molecule has 6 heteroatoms. The fourth-order valence-electron chi connectivity index (χ4n) is 1.83. The molecule has 2 rings (SSSR count). The second-order valence-electron chi connectivity index (χ2n) is 3.94. The first-order valence-corrected chi connectivity index (χ1v) is 5.08. The molecule has 17 heavy (non-hydrogen) atoms. The second-order valence-corrected chi connectivity index (χ2v) is 3.94. The van der Waals surface area contributed by atoms with E-state index < -0.39 is 17.3 Å². The Labute approximate surface area is 96.6 Å². The lowest BCUT2D eigenvalue weighted by Gasteiger charge is -2.16. The molecular weight excluding hydrogens is 227 g/mol. The summed E-state index contributed by atoms with van der Waals surface area (Å²) in [4.78, 5) is 23.5. The summed E-state index contributed by atoms with van der Waals surface area (Å²) in [6, 6.07) is 3.33. The van der Waals surface area contributed by atoms with E-state index in [2.05, 4.69) is 0 Å². The first kappa shape index (κ1) is 11.5. The zero-order valence-corrected chi connectivity index (χ0v) is 8.89. The minimum atomic E-state index is -1.33. The van der Waals surface area contributed by atoms with Crippen molar-refractivity contribution in [1.82, 2.24) is 0 Å². The number of anilines is 1. The summed E-state index contributed by atoms with van der Waals surface area (Å²) in [7, 11) is 0. The van der Waals surface area contributed by atoms with Crippen molar-refractivity contribution in [3.63, 3.8) is 0 Å². The number of carboxylic acid groups (broad SMARTS) is 1. The average molecular weight is 238 g/mol. The maximum atomic E-state index is 13.4. The summed E-state index contributed by atoms with van der Waals surface area (Å²) in [5, 5.41) is 8.68. The highest BCUT2D eigenvalue weighted by Crippen LogP contribution is 2.23. The standard InChI is InChI=1S/C11H11FN2O3/c12-9-4-7(1-2-8(9)11(16)17)14-5-6(13)3-10(14)15/h1-2,4,6H,3,5,13H2,(H,16,17). The maximum Gasteiger partial charge on any atom is 0.338 e. The Kier molecular flexibility index (Phi) is 2.81. The number of carboxylic acids is 1. The number of nitrogens with two attached hydrogens (primary N) is 1. The van der Waals surface area contributed by atoms with Crippen LogP contribution in [0.5, 0.6) is 0 Å². The molecule has 1 aliphatic rings. The van der Waals surface area contributed by atoms with E-state index in [1.165, 1.54) is 11.0 Å². The Morgan fingerprint density at radius 2 is 2.24 bits per heavy atom. The molecule has 0 spiro atoms. The maximum absolute atomic E-state index is 13.4. The van der Waals surface area contributed by atoms with Gasteiger partial charge in [-0.2, -0.15) is 0 Å². The lowest BCUT2D eigenvalue weighted by Crippen LogP contribution is -2.28. The van der Waals surface area contributed by atoms with Crippen molar-refractivity contribution in [3.8, 4) is 0 Å². The van der Waals surface area contributed by atoms with Gasteiger partial charge in [0.15, 0.2) is 0 Å². The van der Waals surface area contributed by atoms with Crippen LogP contribution in [0.1, 0.15) is 16.8 Å². The Balaban J connectivity index is 2.32. The van der Waals surface area contributed by atoms with E-state index in [1.54, 1.807) is 0 Å². The molecule has 0 bridgehead atoms. The van der Waals surface area contributed by atoms with Crippen molar-refractivity contribution in [1.29, 1.82) is 0 Å². The van der Waals surface area contributed by atoms with E-state index in [-0.39, 0.29) is 18.4 Å². The van der Waals surface area contributed by atoms with E-state index in [1.807, 2.05) is 0 Å². The van der Waals surface area contributed by atoms with Gasteiger partial charge in [-0.1, -0.05) is 0 Å². The van der Waals surface area contributed by atoms with Gasteiger partial charge in [0.05, 0.1) is 5.56 Å². The fraction of sp³-hybridized carbons (Fsp3) is 0.273. The van der Waals surface area contributed by atoms with Crippen LogP contribution in [0, 0.1) is 5.82 Å². The van der Waals surface area contributed by atoms with E-state index >= 15 is 0 Å². The number of carbonyl (C=O) groups excluding carboxylic acids is 1. The molecule has 3 N–H and O–H groups in total. The molecule has 0 saturated carbocycles. The summed E-state index contributed by atoms with van der Waals surface area (Å²) >= 11 is 0. The molecule has 1 aromatic carbocycles. The molecule has 1 fully saturated rings. The van der Waals surface area contributed by atoms with Crippen LogP contribution in [0.3, 0.4) is 0 Å². The van der Waals surface area contributed by atoms with Crippen LogP contribution in [0.15, 0.2) is 18.2 Å². The molecule has 5 nitrogen and oxygen atoms in total. The summed E-state index contributed by atoms with van der Waals surface area (Å²) < 4.78 is 13.4. The number of halogens is 1. The zero-order chi connectivity index (χ0) is 12.6. The third-order valence-electron chi connectivity index (χ3n) is 2.65. The SMILES string of the molecule is NC1CC(=O)N(c2ccc(C(=O)O)c(F)c2)C1. The summed E-state index contributed by atoms with van der Waals surface area (Å²) in [5.41, 5.74) is 5.54. The number of hydrogen-bond donors (Lipinski definition) is 2. The van der Waals surface area contributed by atoms with Gasteiger partial charge in [-0.15, -0.1) is 0 Å². The van der Waals surface area contributed by atoms with Crippen LogP contribution in [0.25, 0.3) is 0 Å². The number of rotatable bonds is 2. The van der Waals surface area contributed by atoms with Crippen LogP contribution >= 0.6 is 0 Å². The van der Waals surface area contributed by atoms with Crippen LogP contribution in [-0.2, 0) is 4.79 Å². The Bertz CT molecular complexity index is 490. The van der Waals surface area contributed by atoms with Gasteiger partial charge in [0.2, 0.25) is 5.91 Å². The molecule has 1 unspecified atom stereocenters. The highest BCUT2D eigenvalue weighted by molar-refractivity contribution is 5.97. The summed E-state index contributed by atoms with van der Waals surface area (Å²) in [5.74, 6) is -2.37. The van der Waals surface area contributed by atoms with Crippen molar-refractivity contribution in [2.45, 2.75) is 12.5 Å². The molecule has 1 aliphatic heterocycles. The average Bonchev–Trinajstić information content (AvgIpc) is 2.57. The van der Waals surface area contributed by atoms with E-state index in [0.717, 1.165) is 12.1 Å². The number of carbonyl (C=O) groups is 2. The van der Waals surface area contributed by atoms with Crippen LogP contribution in [-0.4, -0.2) is 29.6 Å². The number of nitrogens with zero attached hydrogens (tertiary/aromatic N) is 1. The predicted octanol–water partition coefficient (Wildman–Crippen LogP) is 0.588. The van der Waals surface area contributed by atoms with Gasteiger partial charge in [0.25, 0.3) is 0 Å². The van der Waals surface area contributed by atoms with Crippen molar-refractivity contribution in [3.05, 3.63) is 29.6 Å². The van der Waals surface area contributed by atoms with Gasteiger partial charge in [-0.25, -0.2) is 9.18 Å². The van der Waals surface area contributed by atoms with Crippen molar-refractivity contribution in [2.75, 3.05) is 11.4 Å². The molecule has 0 aromatic heterocycles. The van der Waals surface area contributed by atoms with Gasteiger partial charge >= 0.3 is 5.97 Å². The third kappa shape index (κ3) is 2.12. The largest absolute Gasteiger partial charge is 0.478 e. The van der Waals surface area contributed by atoms with Gasteiger partial charge in [0.1, 0.15) is 5.82 Å². The van der Waals surface area contributed by atoms with E-state index in [4.69, 9.17) is 10.8 Å². The lowest BCUT2D eigenvalue weighted by atomic mass is 10.2. The first-order chi connectivity index (χ1) is 7.99. The zero-order valence-electron chi connectivity index (χ0n) is 8.89. The highest BCUT2D eigenvalue weighted by atomic mass is 19.1. The number of aromatic carboxylic acids is 1.